The zero-order valence-corrected chi connectivity index (χ0v) is 16.1. The summed E-state index contributed by atoms with van der Waals surface area (Å²) in [6.07, 6.45) is 0. The molecular formula is C24H15ClO3. The molecule has 136 valence electrons. The first-order valence-electron chi connectivity index (χ1n) is 8.99. The lowest BCUT2D eigenvalue weighted by Crippen LogP contribution is -2.21. The molecule has 4 heteroatoms. The highest BCUT2D eigenvalue weighted by Gasteiger charge is 2.37. The van der Waals surface area contributed by atoms with Crippen LogP contribution >= 0.6 is 11.6 Å². The van der Waals surface area contributed by atoms with E-state index in [4.69, 9.17) is 16.0 Å². The van der Waals surface area contributed by atoms with Gasteiger partial charge in [-0.3, -0.25) is 9.59 Å². The fraction of sp³-hybridized carbons (Fsp3) is 0.0833. The number of fused-ring (bicyclic) bond motifs is 5. The zero-order chi connectivity index (χ0) is 19.6. The van der Waals surface area contributed by atoms with Gasteiger partial charge in [0.15, 0.2) is 0 Å². The average Bonchev–Trinajstić information content (AvgIpc) is 3.03. The minimum atomic E-state index is -0.531. The van der Waals surface area contributed by atoms with Gasteiger partial charge in [-0.2, -0.15) is 0 Å². The van der Waals surface area contributed by atoms with Crippen LogP contribution in [0.15, 0.2) is 59.0 Å². The molecule has 1 aliphatic carbocycles. The molecule has 0 N–H and O–H groups in total. The normalized spacial score (nSPS) is 13.0. The van der Waals surface area contributed by atoms with Crippen molar-refractivity contribution in [3.63, 3.8) is 0 Å². The van der Waals surface area contributed by atoms with Gasteiger partial charge >= 0.3 is 0 Å². The number of rotatable bonds is 1. The molecule has 3 aromatic carbocycles. The second kappa shape index (κ2) is 5.91. The van der Waals surface area contributed by atoms with E-state index in [1.54, 1.807) is 13.0 Å². The number of carbonyl (C=O) groups excluding carboxylic acids is 2. The van der Waals surface area contributed by atoms with E-state index >= 15 is 0 Å². The lowest BCUT2D eigenvalue weighted by Gasteiger charge is -2.16. The van der Waals surface area contributed by atoms with Gasteiger partial charge in [-0.1, -0.05) is 48.0 Å². The summed E-state index contributed by atoms with van der Waals surface area (Å²) in [5.74, 6) is -0.0614. The zero-order valence-electron chi connectivity index (χ0n) is 15.3. The third-order valence-corrected chi connectivity index (χ3v) is 5.78. The monoisotopic (exact) mass is 386 g/mol. The van der Waals surface area contributed by atoms with Crippen LogP contribution in [0.2, 0.25) is 5.02 Å². The summed E-state index contributed by atoms with van der Waals surface area (Å²) in [6.45, 7) is 3.78. The summed E-state index contributed by atoms with van der Waals surface area (Å²) in [5.41, 5.74) is 3.79. The smallest absolute Gasteiger partial charge is 0.237 e. The maximum Gasteiger partial charge on any atom is 0.237 e. The summed E-state index contributed by atoms with van der Waals surface area (Å²) in [7, 11) is 0. The van der Waals surface area contributed by atoms with E-state index < -0.39 is 11.6 Å². The van der Waals surface area contributed by atoms with Crippen molar-refractivity contribution in [2.75, 3.05) is 0 Å². The largest absolute Gasteiger partial charge is 0.455 e. The number of hydrogen-bond donors (Lipinski definition) is 0. The molecule has 0 bridgehead atoms. The molecule has 0 aliphatic heterocycles. The lowest BCUT2D eigenvalue weighted by molar-refractivity contribution is 0.0815. The van der Waals surface area contributed by atoms with Gasteiger partial charge in [0, 0.05) is 22.3 Å². The van der Waals surface area contributed by atoms with Gasteiger partial charge in [0.05, 0.1) is 10.6 Å². The van der Waals surface area contributed by atoms with E-state index in [2.05, 4.69) is 0 Å². The number of benzene rings is 3. The average molecular weight is 387 g/mol. The highest BCUT2D eigenvalue weighted by Crippen LogP contribution is 2.45. The van der Waals surface area contributed by atoms with E-state index in [0.29, 0.717) is 44.4 Å². The van der Waals surface area contributed by atoms with Crippen LogP contribution in [-0.4, -0.2) is 11.6 Å². The second-order valence-corrected chi connectivity index (χ2v) is 7.46. The standard InChI is InChI=1S/C24H15ClO3/c1-12-6-5-8-15-14(12)10-11-17-20(15)22(27)21(26)19-13(2)23(28-24(17)19)16-7-3-4-9-18(16)25/h3-11H,1-2H3. The van der Waals surface area contributed by atoms with E-state index in [0.717, 1.165) is 16.3 Å². The van der Waals surface area contributed by atoms with Crippen molar-refractivity contribution in [2.45, 2.75) is 13.8 Å². The van der Waals surface area contributed by atoms with Crippen LogP contribution in [0.25, 0.3) is 33.4 Å². The van der Waals surface area contributed by atoms with Gasteiger partial charge in [-0.25, -0.2) is 0 Å². The predicted molar refractivity (Wildman–Crippen MR) is 110 cm³/mol. The van der Waals surface area contributed by atoms with Crippen LogP contribution in [0, 0.1) is 13.8 Å². The van der Waals surface area contributed by atoms with Gasteiger partial charge in [0.25, 0.3) is 0 Å². The third kappa shape index (κ3) is 2.17. The second-order valence-electron chi connectivity index (χ2n) is 7.06. The van der Waals surface area contributed by atoms with E-state index in [-0.39, 0.29) is 0 Å². The number of furan rings is 1. The number of ketones is 2. The van der Waals surface area contributed by atoms with Crippen molar-refractivity contribution in [1.29, 1.82) is 0 Å². The SMILES string of the molecule is Cc1c(-c2ccccc2Cl)oc2c1C(=O)C(=O)c1c-2ccc2c(C)cccc12. The number of aryl methyl sites for hydroxylation is 1. The highest BCUT2D eigenvalue weighted by molar-refractivity contribution is 6.55. The molecular weight excluding hydrogens is 372 g/mol. The van der Waals surface area contributed by atoms with E-state index in [1.165, 1.54) is 0 Å². The van der Waals surface area contributed by atoms with E-state index in [9.17, 15) is 9.59 Å². The Morgan fingerprint density at radius 2 is 1.46 bits per heavy atom. The molecule has 0 fully saturated rings. The molecule has 0 atom stereocenters. The number of Topliss-reactive ketones (excluding diaryl/α,β-unsaturated/α-hetero) is 2. The molecule has 0 saturated carbocycles. The molecule has 0 saturated heterocycles. The molecule has 1 aliphatic rings. The predicted octanol–water partition coefficient (Wildman–Crippen LogP) is 6.42. The summed E-state index contributed by atoms with van der Waals surface area (Å²) in [4.78, 5) is 26.1. The van der Waals surface area contributed by atoms with Crippen LogP contribution in [0.5, 0.6) is 0 Å². The Morgan fingerprint density at radius 3 is 2.25 bits per heavy atom. The fourth-order valence-electron chi connectivity index (χ4n) is 4.05. The van der Waals surface area contributed by atoms with Crippen molar-refractivity contribution in [3.8, 4) is 22.6 Å². The molecule has 1 aromatic heterocycles. The van der Waals surface area contributed by atoms with Gasteiger partial charge in [-0.05, 0) is 48.4 Å². The summed E-state index contributed by atoms with van der Waals surface area (Å²) in [5, 5.41) is 2.26. The maximum absolute atomic E-state index is 13.1. The van der Waals surface area contributed by atoms with Gasteiger partial charge in [0.2, 0.25) is 11.6 Å². The van der Waals surface area contributed by atoms with Gasteiger partial charge < -0.3 is 4.42 Å². The molecule has 1 heterocycles. The Bertz CT molecular complexity index is 1330. The fourth-order valence-corrected chi connectivity index (χ4v) is 4.28. The Balaban J connectivity index is 1.87. The lowest BCUT2D eigenvalue weighted by atomic mass is 9.83. The maximum atomic E-state index is 13.1. The van der Waals surface area contributed by atoms with Gasteiger partial charge in [-0.15, -0.1) is 0 Å². The summed E-state index contributed by atoms with van der Waals surface area (Å²) < 4.78 is 6.17. The summed E-state index contributed by atoms with van der Waals surface area (Å²) >= 11 is 6.34. The minimum Gasteiger partial charge on any atom is -0.455 e. The Hall–Kier alpha value is -3.17. The highest BCUT2D eigenvalue weighted by atomic mass is 35.5. The molecule has 4 aromatic rings. The van der Waals surface area contributed by atoms with Crippen LogP contribution in [0.3, 0.4) is 0 Å². The molecule has 28 heavy (non-hydrogen) atoms. The molecule has 0 radical (unpaired) electrons. The summed E-state index contributed by atoms with van der Waals surface area (Å²) in [6, 6.07) is 16.9. The van der Waals surface area contributed by atoms with Crippen molar-refractivity contribution in [3.05, 3.63) is 81.9 Å². The van der Waals surface area contributed by atoms with Crippen molar-refractivity contribution < 1.29 is 14.0 Å². The topological polar surface area (TPSA) is 47.3 Å². The first-order chi connectivity index (χ1) is 13.5. The third-order valence-electron chi connectivity index (χ3n) is 5.45. The van der Waals surface area contributed by atoms with Crippen LogP contribution in [0.4, 0.5) is 0 Å². The first kappa shape index (κ1) is 17.0. The number of hydrogen-bond acceptors (Lipinski definition) is 3. The van der Waals surface area contributed by atoms with E-state index in [1.807, 2.05) is 55.5 Å². The Labute approximate surface area is 166 Å². The molecule has 0 unspecified atom stereocenters. The minimum absolute atomic E-state index is 0.333. The van der Waals surface area contributed by atoms with Crippen LogP contribution < -0.4 is 0 Å². The van der Waals surface area contributed by atoms with Crippen LogP contribution in [-0.2, 0) is 0 Å². The first-order valence-corrected chi connectivity index (χ1v) is 9.37. The number of halogens is 1. The molecule has 5 rings (SSSR count). The van der Waals surface area contributed by atoms with Crippen molar-refractivity contribution >= 4 is 33.9 Å². The Morgan fingerprint density at radius 1 is 0.714 bits per heavy atom. The van der Waals surface area contributed by atoms with Crippen LogP contribution in [0.1, 0.15) is 31.8 Å². The van der Waals surface area contributed by atoms with Gasteiger partial charge in [0.1, 0.15) is 11.5 Å². The van der Waals surface area contributed by atoms with Crippen molar-refractivity contribution in [1.82, 2.24) is 0 Å². The Kier molecular flexibility index (Phi) is 3.58. The molecule has 0 amide bonds. The molecule has 3 nitrogen and oxygen atoms in total. The molecule has 0 spiro atoms. The quantitative estimate of drug-likeness (QED) is 0.355. The van der Waals surface area contributed by atoms with Crippen molar-refractivity contribution in [2.24, 2.45) is 0 Å². The number of carbonyl (C=O) groups is 2.